The van der Waals surface area contributed by atoms with E-state index in [-0.39, 0.29) is 24.0 Å². The molecule has 128 valence electrons. The molecule has 0 aliphatic carbocycles. The lowest BCUT2D eigenvalue weighted by Crippen LogP contribution is -2.39. The van der Waals surface area contributed by atoms with Gasteiger partial charge < -0.3 is 19.1 Å². The summed E-state index contributed by atoms with van der Waals surface area (Å²) in [4.78, 5) is 6.75. The van der Waals surface area contributed by atoms with Gasteiger partial charge in [-0.15, -0.1) is 24.0 Å². The molecular formula is C17H26IN3O2. The Morgan fingerprint density at radius 3 is 2.48 bits per heavy atom. The van der Waals surface area contributed by atoms with Crippen LogP contribution in [0.1, 0.15) is 31.3 Å². The Bertz CT molecular complexity index is 538. The van der Waals surface area contributed by atoms with Gasteiger partial charge in [0.25, 0.3) is 0 Å². The minimum absolute atomic E-state index is 0. The zero-order valence-corrected chi connectivity index (χ0v) is 16.2. The molecule has 23 heavy (non-hydrogen) atoms. The van der Waals surface area contributed by atoms with Crippen molar-refractivity contribution in [2.75, 3.05) is 20.1 Å². The van der Waals surface area contributed by atoms with Crippen molar-refractivity contribution in [2.24, 2.45) is 4.99 Å². The Hall–Kier alpha value is -1.44. The normalized spacial score (nSPS) is 11.1. The van der Waals surface area contributed by atoms with Crippen molar-refractivity contribution in [2.45, 2.75) is 32.7 Å². The number of guanidine groups is 1. The van der Waals surface area contributed by atoms with Crippen molar-refractivity contribution in [1.82, 2.24) is 10.2 Å². The van der Waals surface area contributed by atoms with Crippen LogP contribution in [0.4, 0.5) is 0 Å². The van der Waals surface area contributed by atoms with Crippen LogP contribution in [0.3, 0.4) is 0 Å². The molecule has 2 aromatic heterocycles. The van der Waals surface area contributed by atoms with E-state index in [1.807, 2.05) is 31.3 Å². The molecule has 5 nitrogen and oxygen atoms in total. The van der Waals surface area contributed by atoms with Crippen molar-refractivity contribution in [3.05, 3.63) is 48.3 Å². The van der Waals surface area contributed by atoms with E-state index < -0.39 is 0 Å². The molecule has 0 radical (unpaired) electrons. The van der Waals surface area contributed by atoms with Gasteiger partial charge in [0.1, 0.15) is 11.5 Å². The van der Waals surface area contributed by atoms with E-state index in [2.05, 4.69) is 22.1 Å². The number of unbranched alkanes of at least 4 members (excludes halogenated alkanes) is 1. The third-order valence-electron chi connectivity index (χ3n) is 3.34. The third-order valence-corrected chi connectivity index (χ3v) is 3.34. The molecule has 0 fully saturated rings. The minimum atomic E-state index is 0. The molecule has 0 unspecified atom stereocenters. The molecular weight excluding hydrogens is 405 g/mol. The second-order valence-electron chi connectivity index (χ2n) is 5.25. The Morgan fingerprint density at radius 2 is 1.87 bits per heavy atom. The number of hydrogen-bond donors (Lipinski definition) is 1. The van der Waals surface area contributed by atoms with Gasteiger partial charge in [-0.3, -0.25) is 4.99 Å². The van der Waals surface area contributed by atoms with E-state index in [1.165, 1.54) is 0 Å². The highest BCUT2D eigenvalue weighted by Gasteiger charge is 2.08. The van der Waals surface area contributed by atoms with Gasteiger partial charge in [-0.2, -0.15) is 0 Å². The monoisotopic (exact) mass is 431 g/mol. The molecule has 0 aromatic carbocycles. The van der Waals surface area contributed by atoms with Crippen LogP contribution in [0.2, 0.25) is 0 Å². The molecule has 0 aliphatic rings. The van der Waals surface area contributed by atoms with Crippen LogP contribution in [-0.4, -0.2) is 31.0 Å². The zero-order valence-electron chi connectivity index (χ0n) is 13.8. The fraction of sp³-hybridized carbons (Fsp3) is 0.471. The first-order chi connectivity index (χ1) is 10.8. The lowest BCUT2D eigenvalue weighted by atomic mass is 10.3. The quantitative estimate of drug-likeness (QED) is 0.298. The number of nitrogens with one attached hydrogen (secondary N) is 1. The van der Waals surface area contributed by atoms with Gasteiger partial charge in [0.05, 0.1) is 19.1 Å². The van der Waals surface area contributed by atoms with Crippen molar-refractivity contribution in [1.29, 1.82) is 0 Å². The predicted molar refractivity (Wildman–Crippen MR) is 103 cm³/mol. The standard InChI is InChI=1S/C17H25N3O2.HI/c1-3-4-10-18-17(19-11-9-15-7-5-12-21-15)20(2)14-16-8-6-13-22-16;/h5-8,12-13H,3-4,9-11,14H2,1-2H3,(H,18,19);1H. The Labute approximate surface area is 155 Å². The number of furan rings is 2. The first kappa shape index (κ1) is 19.6. The molecule has 6 heteroatoms. The van der Waals surface area contributed by atoms with E-state index in [4.69, 9.17) is 8.83 Å². The highest BCUT2D eigenvalue weighted by Crippen LogP contribution is 2.05. The summed E-state index contributed by atoms with van der Waals surface area (Å²) >= 11 is 0. The molecule has 2 heterocycles. The largest absolute Gasteiger partial charge is 0.469 e. The molecule has 1 N–H and O–H groups in total. The molecule has 0 aliphatic heterocycles. The molecule has 0 bridgehead atoms. The van der Waals surface area contributed by atoms with Crippen LogP contribution < -0.4 is 5.32 Å². The van der Waals surface area contributed by atoms with Crippen LogP contribution in [0.25, 0.3) is 0 Å². The van der Waals surface area contributed by atoms with Gasteiger partial charge in [0.15, 0.2) is 5.96 Å². The van der Waals surface area contributed by atoms with E-state index >= 15 is 0 Å². The molecule has 0 atom stereocenters. The SMILES string of the molecule is CCCCN=C(NCCc1ccco1)N(C)Cc1ccco1.I. The number of halogens is 1. The summed E-state index contributed by atoms with van der Waals surface area (Å²) < 4.78 is 10.8. The third kappa shape index (κ3) is 7.11. The van der Waals surface area contributed by atoms with Crippen LogP contribution in [-0.2, 0) is 13.0 Å². The van der Waals surface area contributed by atoms with Gasteiger partial charge in [-0.05, 0) is 30.7 Å². The molecule has 0 saturated carbocycles. The number of aliphatic imine (C=N–C) groups is 1. The summed E-state index contributed by atoms with van der Waals surface area (Å²) in [6, 6.07) is 7.78. The van der Waals surface area contributed by atoms with Gasteiger partial charge in [-0.25, -0.2) is 0 Å². The maximum absolute atomic E-state index is 5.40. The van der Waals surface area contributed by atoms with E-state index in [0.717, 1.165) is 49.8 Å². The van der Waals surface area contributed by atoms with Crippen LogP contribution in [0, 0.1) is 0 Å². The van der Waals surface area contributed by atoms with E-state index in [1.54, 1.807) is 12.5 Å². The zero-order chi connectivity index (χ0) is 15.6. The number of hydrogen-bond acceptors (Lipinski definition) is 3. The lowest BCUT2D eigenvalue weighted by molar-refractivity contribution is 0.398. The first-order valence-corrected chi connectivity index (χ1v) is 7.83. The summed E-state index contributed by atoms with van der Waals surface area (Å²) in [5, 5.41) is 3.40. The second-order valence-corrected chi connectivity index (χ2v) is 5.25. The van der Waals surface area contributed by atoms with Gasteiger partial charge in [-0.1, -0.05) is 13.3 Å². The summed E-state index contributed by atoms with van der Waals surface area (Å²) in [6.45, 7) is 4.50. The molecule has 0 spiro atoms. The summed E-state index contributed by atoms with van der Waals surface area (Å²) in [5.74, 6) is 2.81. The second kappa shape index (κ2) is 11.2. The van der Waals surface area contributed by atoms with Crippen molar-refractivity contribution < 1.29 is 8.83 Å². The maximum atomic E-state index is 5.40. The van der Waals surface area contributed by atoms with E-state index in [9.17, 15) is 0 Å². The summed E-state index contributed by atoms with van der Waals surface area (Å²) in [6.07, 6.45) is 6.48. The molecule has 2 aromatic rings. The molecule has 2 rings (SSSR count). The average Bonchev–Trinajstić information content (AvgIpc) is 3.19. The first-order valence-electron chi connectivity index (χ1n) is 7.83. The van der Waals surface area contributed by atoms with Crippen LogP contribution >= 0.6 is 24.0 Å². The van der Waals surface area contributed by atoms with Crippen molar-refractivity contribution in [3.63, 3.8) is 0 Å². The topological polar surface area (TPSA) is 53.9 Å². The Kier molecular flexibility index (Phi) is 9.51. The Morgan fingerprint density at radius 1 is 1.17 bits per heavy atom. The fourth-order valence-electron chi connectivity index (χ4n) is 2.12. The fourth-order valence-corrected chi connectivity index (χ4v) is 2.12. The van der Waals surface area contributed by atoms with Crippen LogP contribution in [0.5, 0.6) is 0 Å². The van der Waals surface area contributed by atoms with Crippen molar-refractivity contribution in [3.8, 4) is 0 Å². The summed E-state index contributed by atoms with van der Waals surface area (Å²) in [5.41, 5.74) is 0. The number of rotatable bonds is 8. The predicted octanol–water partition coefficient (Wildman–Crippen LogP) is 3.91. The molecule has 0 saturated heterocycles. The minimum Gasteiger partial charge on any atom is -0.469 e. The van der Waals surface area contributed by atoms with E-state index in [0.29, 0.717) is 6.54 Å². The highest BCUT2D eigenvalue weighted by atomic mass is 127. The lowest BCUT2D eigenvalue weighted by Gasteiger charge is -2.21. The number of nitrogens with zero attached hydrogens (tertiary/aromatic N) is 2. The average molecular weight is 431 g/mol. The van der Waals surface area contributed by atoms with Crippen molar-refractivity contribution >= 4 is 29.9 Å². The van der Waals surface area contributed by atoms with Gasteiger partial charge in [0.2, 0.25) is 0 Å². The molecule has 0 amide bonds. The van der Waals surface area contributed by atoms with Crippen LogP contribution in [0.15, 0.2) is 50.6 Å². The van der Waals surface area contributed by atoms with Gasteiger partial charge in [0, 0.05) is 26.6 Å². The summed E-state index contributed by atoms with van der Waals surface area (Å²) in [7, 11) is 2.02. The highest BCUT2D eigenvalue weighted by molar-refractivity contribution is 14.0. The smallest absolute Gasteiger partial charge is 0.194 e. The Balaban J connectivity index is 0.00000264. The maximum Gasteiger partial charge on any atom is 0.194 e. The van der Waals surface area contributed by atoms with Gasteiger partial charge >= 0.3 is 0 Å².